The normalized spacial score (nSPS) is 15.8. The summed E-state index contributed by atoms with van der Waals surface area (Å²) in [6.45, 7) is 7.40. The molecule has 0 amide bonds. The predicted molar refractivity (Wildman–Crippen MR) is 99.8 cm³/mol. The first-order valence-corrected chi connectivity index (χ1v) is 8.82. The van der Waals surface area contributed by atoms with E-state index in [4.69, 9.17) is 10.2 Å². The van der Waals surface area contributed by atoms with Gasteiger partial charge in [0.1, 0.15) is 0 Å². The van der Waals surface area contributed by atoms with Crippen molar-refractivity contribution in [1.82, 2.24) is 0 Å². The molecular weight excluding hydrogens is 304 g/mol. The van der Waals surface area contributed by atoms with Crippen molar-refractivity contribution in [3.63, 3.8) is 0 Å². The molecule has 0 aliphatic heterocycles. The van der Waals surface area contributed by atoms with E-state index < -0.39 is 11.7 Å². The van der Waals surface area contributed by atoms with Gasteiger partial charge in [0.25, 0.3) is 0 Å². The first kappa shape index (κ1) is 23.1. The fourth-order valence-corrected chi connectivity index (χ4v) is 2.35. The van der Waals surface area contributed by atoms with Crippen molar-refractivity contribution in [3.8, 4) is 0 Å². The number of hydrogen-bond acceptors (Lipinski definition) is 4. The fraction of sp³-hybridized carbons (Fsp3) is 0.700. The minimum Gasteiger partial charge on any atom is -0.392 e. The van der Waals surface area contributed by atoms with Crippen LogP contribution in [0.1, 0.15) is 66.2 Å². The Hall–Kier alpha value is -0.940. The average molecular weight is 341 g/mol. The van der Waals surface area contributed by atoms with Crippen molar-refractivity contribution in [3.05, 3.63) is 34.9 Å². The lowest BCUT2D eigenvalue weighted by atomic mass is 9.95. The molecule has 0 aromatic heterocycles. The number of aliphatic hydroxyl groups excluding tert-OH is 3. The molecular formula is C20H36O4. The molecule has 0 fully saturated rings. The Kier molecular flexibility index (Phi) is 11.9. The van der Waals surface area contributed by atoms with E-state index in [0.717, 1.165) is 37.7 Å². The smallest absolute Gasteiger partial charge is 0.0849 e. The van der Waals surface area contributed by atoms with Crippen molar-refractivity contribution >= 4 is 0 Å². The molecule has 0 bridgehead atoms. The van der Waals surface area contributed by atoms with Gasteiger partial charge in [-0.3, -0.25) is 0 Å². The van der Waals surface area contributed by atoms with E-state index >= 15 is 0 Å². The largest absolute Gasteiger partial charge is 0.392 e. The molecule has 0 aliphatic rings. The molecule has 0 saturated carbocycles. The van der Waals surface area contributed by atoms with Crippen LogP contribution in [0.4, 0.5) is 0 Å². The van der Waals surface area contributed by atoms with Crippen molar-refractivity contribution in [1.29, 1.82) is 0 Å². The Bertz CT molecular complexity index is 427. The van der Waals surface area contributed by atoms with Gasteiger partial charge in [-0.15, -0.1) is 0 Å². The van der Waals surface area contributed by atoms with E-state index in [9.17, 15) is 10.2 Å². The van der Waals surface area contributed by atoms with Crippen LogP contribution in [0.3, 0.4) is 0 Å². The molecule has 4 N–H and O–H groups in total. The van der Waals surface area contributed by atoms with Gasteiger partial charge >= 0.3 is 0 Å². The summed E-state index contributed by atoms with van der Waals surface area (Å²) in [6.07, 6.45) is 10.3. The number of allylic oxidation sites excluding steroid dienone is 4. The van der Waals surface area contributed by atoms with E-state index in [-0.39, 0.29) is 13.2 Å². The summed E-state index contributed by atoms with van der Waals surface area (Å²) in [5.74, 6) is 0. The van der Waals surface area contributed by atoms with E-state index in [1.165, 1.54) is 11.1 Å². The minimum absolute atomic E-state index is 0.00583. The van der Waals surface area contributed by atoms with Crippen LogP contribution in [0.15, 0.2) is 34.9 Å². The van der Waals surface area contributed by atoms with Gasteiger partial charge in [0, 0.05) is 0 Å². The van der Waals surface area contributed by atoms with E-state index in [1.54, 1.807) is 19.9 Å². The first-order valence-electron chi connectivity index (χ1n) is 8.82. The van der Waals surface area contributed by atoms with E-state index in [0.29, 0.717) is 6.42 Å². The molecule has 0 spiro atoms. The van der Waals surface area contributed by atoms with E-state index in [2.05, 4.69) is 26.0 Å². The van der Waals surface area contributed by atoms with E-state index in [1.807, 2.05) is 0 Å². The summed E-state index contributed by atoms with van der Waals surface area (Å²) in [6, 6.07) is 0. The molecule has 0 aromatic rings. The third-order valence-electron chi connectivity index (χ3n) is 4.20. The van der Waals surface area contributed by atoms with Crippen molar-refractivity contribution in [2.75, 3.05) is 13.2 Å². The molecule has 24 heavy (non-hydrogen) atoms. The van der Waals surface area contributed by atoms with Gasteiger partial charge in [0.15, 0.2) is 0 Å². The van der Waals surface area contributed by atoms with Crippen LogP contribution in [0.25, 0.3) is 0 Å². The molecule has 1 atom stereocenters. The minimum atomic E-state index is -1.04. The van der Waals surface area contributed by atoms with Gasteiger partial charge in [-0.1, -0.05) is 29.4 Å². The van der Waals surface area contributed by atoms with Crippen molar-refractivity contribution in [2.45, 2.75) is 77.9 Å². The predicted octanol–water partition coefficient (Wildman–Crippen LogP) is 3.26. The topological polar surface area (TPSA) is 80.9 Å². The third-order valence-corrected chi connectivity index (χ3v) is 4.20. The number of rotatable bonds is 12. The fourth-order valence-electron chi connectivity index (χ4n) is 2.35. The molecule has 0 rings (SSSR count). The summed E-state index contributed by atoms with van der Waals surface area (Å²) in [4.78, 5) is 0. The second-order valence-corrected chi connectivity index (χ2v) is 7.09. The Labute approximate surface area is 147 Å². The summed E-state index contributed by atoms with van der Waals surface area (Å²) in [7, 11) is 0. The molecule has 4 heteroatoms. The Morgan fingerprint density at radius 3 is 1.96 bits per heavy atom. The maximum Gasteiger partial charge on any atom is 0.0849 e. The highest BCUT2D eigenvalue weighted by molar-refractivity contribution is 5.07. The lowest BCUT2D eigenvalue weighted by molar-refractivity contribution is -0.0509. The zero-order valence-corrected chi connectivity index (χ0v) is 15.8. The lowest BCUT2D eigenvalue weighted by Crippen LogP contribution is -2.35. The van der Waals surface area contributed by atoms with Gasteiger partial charge in [0.05, 0.1) is 24.9 Å². The molecule has 0 saturated heterocycles. The molecule has 140 valence electrons. The first-order chi connectivity index (χ1) is 11.2. The second kappa shape index (κ2) is 12.4. The van der Waals surface area contributed by atoms with Crippen LogP contribution in [0, 0.1) is 0 Å². The Morgan fingerprint density at radius 2 is 1.46 bits per heavy atom. The van der Waals surface area contributed by atoms with Crippen LogP contribution in [-0.2, 0) is 0 Å². The molecule has 1 unspecified atom stereocenters. The molecule has 4 nitrogen and oxygen atoms in total. The molecule has 0 aromatic carbocycles. The molecule has 0 radical (unpaired) electrons. The van der Waals surface area contributed by atoms with Crippen LogP contribution in [-0.4, -0.2) is 45.3 Å². The van der Waals surface area contributed by atoms with Gasteiger partial charge in [-0.25, -0.2) is 0 Å². The maximum absolute atomic E-state index is 9.82. The lowest BCUT2D eigenvalue weighted by Gasteiger charge is -2.24. The van der Waals surface area contributed by atoms with Crippen LogP contribution < -0.4 is 0 Å². The standard InChI is InChI=1S/C20H36O4/c1-16(9-6-10-18(15-22)13-14-21)7-5-8-17(2)11-12-19(23)20(3,4)24/h8-9,13,19,21-24H,5-7,10-12,14-15H2,1-4H3. The Morgan fingerprint density at radius 1 is 0.917 bits per heavy atom. The zero-order valence-electron chi connectivity index (χ0n) is 15.8. The maximum atomic E-state index is 9.82. The molecule has 0 heterocycles. The van der Waals surface area contributed by atoms with Crippen molar-refractivity contribution in [2.24, 2.45) is 0 Å². The second-order valence-electron chi connectivity index (χ2n) is 7.09. The zero-order chi connectivity index (χ0) is 18.6. The summed E-state index contributed by atoms with van der Waals surface area (Å²) in [5.41, 5.74) is 2.39. The quantitative estimate of drug-likeness (QED) is 0.411. The van der Waals surface area contributed by atoms with Gasteiger partial charge in [-0.05, 0) is 71.8 Å². The monoisotopic (exact) mass is 340 g/mol. The van der Waals surface area contributed by atoms with Gasteiger partial charge in [-0.2, -0.15) is 0 Å². The highest BCUT2D eigenvalue weighted by atomic mass is 16.3. The summed E-state index contributed by atoms with van der Waals surface area (Å²) in [5, 5.41) is 37.5. The third kappa shape index (κ3) is 11.6. The highest BCUT2D eigenvalue weighted by Crippen LogP contribution is 2.17. The summed E-state index contributed by atoms with van der Waals surface area (Å²) >= 11 is 0. The van der Waals surface area contributed by atoms with Crippen molar-refractivity contribution < 1.29 is 20.4 Å². The van der Waals surface area contributed by atoms with Gasteiger partial charge in [0.2, 0.25) is 0 Å². The van der Waals surface area contributed by atoms with Crippen LogP contribution in [0.2, 0.25) is 0 Å². The summed E-state index contributed by atoms with van der Waals surface area (Å²) < 4.78 is 0. The average Bonchev–Trinajstić information content (AvgIpc) is 2.50. The SMILES string of the molecule is CC(=CCCC(=CCO)CO)CCC=C(C)CCC(O)C(C)(C)O. The number of hydrogen-bond donors (Lipinski definition) is 4. The highest BCUT2D eigenvalue weighted by Gasteiger charge is 2.23. The number of aliphatic hydroxyl groups is 4. The van der Waals surface area contributed by atoms with Crippen LogP contribution >= 0.6 is 0 Å². The Balaban J connectivity index is 4.10. The molecule has 0 aliphatic carbocycles. The van der Waals surface area contributed by atoms with Crippen LogP contribution in [0.5, 0.6) is 0 Å². The van der Waals surface area contributed by atoms with Gasteiger partial charge < -0.3 is 20.4 Å².